The van der Waals surface area contributed by atoms with Gasteiger partial charge in [0.1, 0.15) is 5.75 Å². The molecule has 1 unspecified atom stereocenters. The number of nitrogens with two attached hydrogens (primary N) is 1. The van der Waals surface area contributed by atoms with Gasteiger partial charge in [-0.25, -0.2) is 0 Å². The van der Waals surface area contributed by atoms with Gasteiger partial charge in [-0.15, -0.1) is 0 Å². The molecule has 0 saturated heterocycles. The van der Waals surface area contributed by atoms with Crippen molar-refractivity contribution in [3.8, 4) is 5.75 Å². The molecule has 1 aliphatic carbocycles. The predicted molar refractivity (Wildman–Crippen MR) is 84.2 cm³/mol. The predicted octanol–water partition coefficient (Wildman–Crippen LogP) is 2.92. The van der Waals surface area contributed by atoms with Crippen LogP contribution in [-0.4, -0.2) is 18.1 Å². The summed E-state index contributed by atoms with van der Waals surface area (Å²) >= 11 is 0. The van der Waals surface area contributed by atoms with Gasteiger partial charge in [-0.2, -0.15) is 0 Å². The second-order valence-corrected chi connectivity index (χ2v) is 5.80. The average molecular weight is 290 g/mol. The third kappa shape index (κ3) is 4.21. The molecule has 2 rings (SSSR count). The molecule has 2 atom stereocenters. The van der Waals surface area contributed by atoms with Gasteiger partial charge in [0.25, 0.3) is 5.91 Å². The molecule has 4 heteroatoms. The molecule has 0 radical (unpaired) electrons. The highest BCUT2D eigenvalue weighted by Gasteiger charge is 2.22. The van der Waals surface area contributed by atoms with Gasteiger partial charge >= 0.3 is 0 Å². The average Bonchev–Trinajstić information content (AvgIpc) is 2.99. The minimum absolute atomic E-state index is 0.0400. The minimum Gasteiger partial charge on any atom is -0.481 e. The van der Waals surface area contributed by atoms with Crippen LogP contribution in [-0.2, 0) is 4.79 Å². The molecule has 116 valence electrons. The molecule has 0 aliphatic heterocycles. The van der Waals surface area contributed by atoms with Gasteiger partial charge in [0.15, 0.2) is 6.10 Å². The topological polar surface area (TPSA) is 64.3 Å². The van der Waals surface area contributed by atoms with Gasteiger partial charge in [0.05, 0.1) is 0 Å². The number of ether oxygens (including phenoxy) is 1. The molecule has 1 amide bonds. The van der Waals surface area contributed by atoms with Crippen molar-refractivity contribution in [1.82, 2.24) is 5.32 Å². The van der Waals surface area contributed by atoms with Crippen LogP contribution in [0.2, 0.25) is 0 Å². The van der Waals surface area contributed by atoms with Crippen LogP contribution >= 0.6 is 0 Å². The molecule has 0 heterocycles. The number of benzene rings is 1. The van der Waals surface area contributed by atoms with Crippen LogP contribution in [0.5, 0.6) is 5.75 Å². The van der Waals surface area contributed by atoms with Crippen LogP contribution in [0.4, 0.5) is 0 Å². The molecule has 1 saturated carbocycles. The van der Waals surface area contributed by atoms with Crippen molar-refractivity contribution in [2.45, 2.75) is 64.1 Å². The molecule has 0 spiro atoms. The summed E-state index contributed by atoms with van der Waals surface area (Å²) in [6.45, 7) is 3.83. The zero-order chi connectivity index (χ0) is 15.2. The molecule has 1 aromatic carbocycles. The molecule has 1 aliphatic rings. The van der Waals surface area contributed by atoms with E-state index in [0.29, 0.717) is 11.8 Å². The van der Waals surface area contributed by atoms with E-state index in [1.165, 1.54) is 12.8 Å². The van der Waals surface area contributed by atoms with Crippen molar-refractivity contribution in [1.29, 1.82) is 0 Å². The van der Waals surface area contributed by atoms with Crippen LogP contribution < -0.4 is 15.8 Å². The number of carbonyl (C=O) groups is 1. The lowest BCUT2D eigenvalue weighted by molar-refractivity contribution is -0.128. The SMILES string of the molecule is CC[C@@H](N)c1ccccc1OC(C)C(=O)NC1CCCC1. The third-order valence-electron chi connectivity index (χ3n) is 4.13. The van der Waals surface area contributed by atoms with E-state index in [-0.39, 0.29) is 11.9 Å². The summed E-state index contributed by atoms with van der Waals surface area (Å²) in [5, 5.41) is 3.07. The number of amides is 1. The molecular formula is C17H26N2O2. The molecule has 0 aromatic heterocycles. The largest absolute Gasteiger partial charge is 0.481 e. The first-order chi connectivity index (χ1) is 10.1. The molecule has 0 bridgehead atoms. The first kappa shape index (κ1) is 15.8. The van der Waals surface area contributed by atoms with Gasteiger partial charge in [0.2, 0.25) is 0 Å². The highest BCUT2D eigenvalue weighted by Crippen LogP contribution is 2.26. The van der Waals surface area contributed by atoms with E-state index in [4.69, 9.17) is 10.5 Å². The van der Waals surface area contributed by atoms with E-state index in [1.54, 1.807) is 6.92 Å². The van der Waals surface area contributed by atoms with Crippen molar-refractivity contribution < 1.29 is 9.53 Å². The fraction of sp³-hybridized carbons (Fsp3) is 0.588. The second-order valence-electron chi connectivity index (χ2n) is 5.80. The fourth-order valence-electron chi connectivity index (χ4n) is 2.75. The lowest BCUT2D eigenvalue weighted by atomic mass is 10.0. The van der Waals surface area contributed by atoms with Gasteiger partial charge < -0.3 is 15.8 Å². The van der Waals surface area contributed by atoms with Crippen molar-refractivity contribution in [2.75, 3.05) is 0 Å². The number of hydrogen-bond acceptors (Lipinski definition) is 3. The summed E-state index contributed by atoms with van der Waals surface area (Å²) in [5.41, 5.74) is 7.06. The molecule has 4 nitrogen and oxygen atoms in total. The fourth-order valence-corrected chi connectivity index (χ4v) is 2.75. The number of nitrogens with one attached hydrogen (secondary N) is 1. The zero-order valence-electron chi connectivity index (χ0n) is 13.0. The Morgan fingerprint density at radius 2 is 2.05 bits per heavy atom. The zero-order valence-corrected chi connectivity index (χ0v) is 13.0. The maximum Gasteiger partial charge on any atom is 0.260 e. The van der Waals surface area contributed by atoms with E-state index in [0.717, 1.165) is 24.8 Å². The van der Waals surface area contributed by atoms with Gasteiger partial charge in [0, 0.05) is 17.6 Å². The number of hydrogen-bond donors (Lipinski definition) is 2. The lowest BCUT2D eigenvalue weighted by Crippen LogP contribution is -2.41. The highest BCUT2D eigenvalue weighted by atomic mass is 16.5. The quantitative estimate of drug-likeness (QED) is 0.846. The van der Waals surface area contributed by atoms with Crippen LogP contribution in [0.1, 0.15) is 57.6 Å². The van der Waals surface area contributed by atoms with Gasteiger partial charge in [-0.05, 0) is 32.3 Å². The summed E-state index contributed by atoms with van der Waals surface area (Å²) in [5.74, 6) is 0.669. The summed E-state index contributed by atoms with van der Waals surface area (Å²) in [7, 11) is 0. The van der Waals surface area contributed by atoms with Crippen LogP contribution in [0.15, 0.2) is 24.3 Å². The Bertz CT molecular complexity index is 470. The first-order valence-corrected chi connectivity index (χ1v) is 7.93. The van der Waals surface area contributed by atoms with Crippen molar-refractivity contribution >= 4 is 5.91 Å². The van der Waals surface area contributed by atoms with Crippen molar-refractivity contribution in [2.24, 2.45) is 5.73 Å². The minimum atomic E-state index is -0.504. The maximum atomic E-state index is 12.2. The van der Waals surface area contributed by atoms with E-state index in [2.05, 4.69) is 5.32 Å². The van der Waals surface area contributed by atoms with E-state index in [1.807, 2.05) is 31.2 Å². The molecular weight excluding hydrogens is 264 g/mol. The smallest absolute Gasteiger partial charge is 0.260 e. The third-order valence-corrected chi connectivity index (χ3v) is 4.13. The monoisotopic (exact) mass is 290 g/mol. The van der Waals surface area contributed by atoms with Crippen LogP contribution in [0.3, 0.4) is 0 Å². The summed E-state index contributed by atoms with van der Waals surface area (Å²) in [6, 6.07) is 7.95. The summed E-state index contributed by atoms with van der Waals surface area (Å²) < 4.78 is 5.85. The Balaban J connectivity index is 1.98. The number of rotatable bonds is 6. The maximum absolute atomic E-state index is 12.2. The van der Waals surface area contributed by atoms with E-state index in [9.17, 15) is 4.79 Å². The molecule has 21 heavy (non-hydrogen) atoms. The van der Waals surface area contributed by atoms with Crippen molar-refractivity contribution in [3.63, 3.8) is 0 Å². The second kappa shape index (κ2) is 7.46. The Kier molecular flexibility index (Phi) is 5.62. The standard InChI is InChI=1S/C17H26N2O2/c1-3-15(18)14-10-6-7-11-16(14)21-12(2)17(20)19-13-8-4-5-9-13/h6-7,10-13,15H,3-5,8-9,18H2,1-2H3,(H,19,20)/t12?,15-/m1/s1. The normalized spacial score (nSPS) is 18.2. The molecule has 1 fully saturated rings. The van der Waals surface area contributed by atoms with Gasteiger partial charge in [-0.3, -0.25) is 4.79 Å². The Hall–Kier alpha value is -1.55. The lowest BCUT2D eigenvalue weighted by Gasteiger charge is -2.21. The summed E-state index contributed by atoms with van der Waals surface area (Å²) in [6.07, 6.45) is 4.90. The number of para-hydroxylation sites is 1. The first-order valence-electron chi connectivity index (χ1n) is 7.93. The Morgan fingerprint density at radius 1 is 1.38 bits per heavy atom. The van der Waals surface area contributed by atoms with Crippen molar-refractivity contribution in [3.05, 3.63) is 29.8 Å². The Morgan fingerprint density at radius 3 is 2.71 bits per heavy atom. The molecule has 1 aromatic rings. The van der Waals surface area contributed by atoms with E-state index >= 15 is 0 Å². The van der Waals surface area contributed by atoms with Gasteiger partial charge in [-0.1, -0.05) is 38.0 Å². The Labute approximate surface area is 127 Å². The van der Waals surface area contributed by atoms with E-state index < -0.39 is 6.10 Å². The summed E-state index contributed by atoms with van der Waals surface area (Å²) in [4.78, 5) is 12.2. The van der Waals surface area contributed by atoms with Crippen LogP contribution in [0, 0.1) is 0 Å². The number of carbonyl (C=O) groups excluding carboxylic acids is 1. The molecule has 3 N–H and O–H groups in total. The highest BCUT2D eigenvalue weighted by molar-refractivity contribution is 5.81. The van der Waals surface area contributed by atoms with Crippen LogP contribution in [0.25, 0.3) is 0 Å².